The van der Waals surface area contributed by atoms with Crippen molar-refractivity contribution in [3.63, 3.8) is 0 Å². The summed E-state index contributed by atoms with van der Waals surface area (Å²) in [5.74, 6) is 0.286. The molecule has 0 unspecified atom stereocenters. The number of fused-ring (bicyclic) bond motifs is 1. The number of pyridine rings is 1. The Bertz CT molecular complexity index is 893. The molecule has 0 saturated heterocycles. The van der Waals surface area contributed by atoms with E-state index in [1.807, 2.05) is 43.3 Å². The van der Waals surface area contributed by atoms with E-state index in [1.54, 1.807) is 19.2 Å². The molecule has 1 heterocycles. The van der Waals surface area contributed by atoms with Crippen molar-refractivity contribution >= 4 is 38.4 Å². The Morgan fingerprint density at radius 2 is 2.00 bits per heavy atom. The van der Waals surface area contributed by atoms with Crippen LogP contribution in [0.4, 0.5) is 5.69 Å². The minimum absolute atomic E-state index is 0.237. The molecule has 0 aliphatic rings. The number of carbonyl (C=O) groups excluding carboxylic acids is 1. The Morgan fingerprint density at radius 3 is 2.78 bits per heavy atom. The van der Waals surface area contributed by atoms with Crippen LogP contribution >= 0.6 is 15.9 Å². The summed E-state index contributed by atoms with van der Waals surface area (Å²) in [5.41, 5.74) is 2.82. The normalized spacial score (nSPS) is 10.6. The molecule has 1 aromatic heterocycles. The van der Waals surface area contributed by atoms with Gasteiger partial charge in [0, 0.05) is 15.6 Å². The summed E-state index contributed by atoms with van der Waals surface area (Å²) in [4.78, 5) is 17.2. The van der Waals surface area contributed by atoms with Crippen molar-refractivity contribution in [1.82, 2.24) is 4.98 Å². The molecule has 3 aromatic rings. The molecule has 0 aliphatic carbocycles. The van der Waals surface area contributed by atoms with Gasteiger partial charge in [-0.2, -0.15) is 0 Å². The van der Waals surface area contributed by atoms with E-state index in [4.69, 9.17) is 4.74 Å². The molecule has 0 radical (unpaired) electrons. The number of carbonyl (C=O) groups is 1. The molecule has 0 fully saturated rings. The average molecular weight is 371 g/mol. The molecule has 3 rings (SSSR count). The first kappa shape index (κ1) is 15.5. The summed E-state index contributed by atoms with van der Waals surface area (Å²) in [6.45, 7) is 1.93. The first-order valence-corrected chi connectivity index (χ1v) is 7.89. The van der Waals surface area contributed by atoms with Crippen molar-refractivity contribution < 1.29 is 9.53 Å². The zero-order chi connectivity index (χ0) is 16.4. The van der Waals surface area contributed by atoms with E-state index in [0.717, 1.165) is 21.1 Å². The molecular weight excluding hydrogens is 356 g/mol. The van der Waals surface area contributed by atoms with Gasteiger partial charge in [-0.1, -0.05) is 34.1 Å². The number of nitrogens with one attached hydrogen (secondary N) is 1. The zero-order valence-electron chi connectivity index (χ0n) is 12.8. The van der Waals surface area contributed by atoms with Gasteiger partial charge >= 0.3 is 0 Å². The van der Waals surface area contributed by atoms with E-state index in [9.17, 15) is 4.79 Å². The fourth-order valence-corrected chi connectivity index (χ4v) is 2.75. The van der Waals surface area contributed by atoms with E-state index in [-0.39, 0.29) is 5.91 Å². The van der Waals surface area contributed by atoms with Crippen LogP contribution in [0.2, 0.25) is 0 Å². The van der Waals surface area contributed by atoms with Crippen molar-refractivity contribution in [3.8, 4) is 5.75 Å². The Balaban J connectivity index is 2.01. The molecule has 2 aromatic carbocycles. The second-order valence-electron chi connectivity index (χ2n) is 5.13. The van der Waals surface area contributed by atoms with Crippen LogP contribution in [0.25, 0.3) is 10.9 Å². The summed E-state index contributed by atoms with van der Waals surface area (Å²) in [6, 6.07) is 15.0. The van der Waals surface area contributed by atoms with Crippen LogP contribution in [0.3, 0.4) is 0 Å². The third-order valence-corrected chi connectivity index (χ3v) is 4.01. The third kappa shape index (κ3) is 3.19. The third-order valence-electron chi connectivity index (χ3n) is 3.51. The van der Waals surface area contributed by atoms with E-state index in [2.05, 4.69) is 26.2 Å². The molecule has 4 nitrogen and oxygen atoms in total. The number of amides is 1. The molecule has 1 N–H and O–H groups in total. The number of anilines is 1. The fourth-order valence-electron chi connectivity index (χ4n) is 2.39. The number of ether oxygens (including phenoxy) is 1. The van der Waals surface area contributed by atoms with Crippen LogP contribution in [0.5, 0.6) is 5.75 Å². The summed E-state index contributed by atoms with van der Waals surface area (Å²) in [6.07, 6.45) is 0. The van der Waals surface area contributed by atoms with Gasteiger partial charge in [0.25, 0.3) is 5.91 Å². The Kier molecular flexibility index (Phi) is 4.30. The van der Waals surface area contributed by atoms with E-state index in [0.29, 0.717) is 17.0 Å². The molecule has 5 heteroatoms. The molecule has 0 spiro atoms. The predicted octanol–water partition coefficient (Wildman–Crippen LogP) is 4.57. The van der Waals surface area contributed by atoms with Crippen LogP contribution < -0.4 is 10.1 Å². The predicted molar refractivity (Wildman–Crippen MR) is 95.1 cm³/mol. The number of hydrogen-bond donors (Lipinski definition) is 1. The average Bonchev–Trinajstić information content (AvgIpc) is 2.55. The van der Waals surface area contributed by atoms with Gasteiger partial charge in [-0.15, -0.1) is 0 Å². The highest BCUT2D eigenvalue weighted by Crippen LogP contribution is 2.26. The number of aryl methyl sites for hydroxylation is 1. The number of nitrogens with zero attached hydrogens (tertiary/aromatic N) is 1. The summed E-state index contributed by atoms with van der Waals surface area (Å²) < 4.78 is 6.08. The van der Waals surface area contributed by atoms with Gasteiger partial charge in [-0.05, 0) is 37.3 Å². The summed E-state index contributed by atoms with van der Waals surface area (Å²) >= 11 is 3.38. The first-order valence-electron chi connectivity index (χ1n) is 7.10. The number of para-hydroxylation sites is 1. The van der Waals surface area contributed by atoms with Gasteiger partial charge in [0.2, 0.25) is 0 Å². The molecule has 0 saturated carbocycles. The maximum Gasteiger partial charge on any atom is 0.259 e. The number of methoxy groups -OCH3 is 1. The SMILES string of the molecule is COc1ccc(Br)cc1C(=O)Nc1cccc2ccc(C)nc12. The van der Waals surface area contributed by atoms with Crippen LogP contribution in [-0.4, -0.2) is 18.0 Å². The molecule has 0 aliphatic heterocycles. The van der Waals surface area contributed by atoms with Crippen LogP contribution in [0.1, 0.15) is 16.1 Å². The van der Waals surface area contributed by atoms with Gasteiger partial charge in [0.1, 0.15) is 5.75 Å². The van der Waals surface area contributed by atoms with Gasteiger partial charge in [0.05, 0.1) is 23.9 Å². The smallest absolute Gasteiger partial charge is 0.259 e. The highest BCUT2D eigenvalue weighted by Gasteiger charge is 2.14. The molecular formula is C18H15BrN2O2. The monoisotopic (exact) mass is 370 g/mol. The summed E-state index contributed by atoms with van der Waals surface area (Å²) in [7, 11) is 1.54. The molecule has 1 amide bonds. The highest BCUT2D eigenvalue weighted by molar-refractivity contribution is 9.10. The Labute approximate surface area is 142 Å². The molecule has 116 valence electrons. The number of aromatic nitrogens is 1. The fraction of sp³-hybridized carbons (Fsp3) is 0.111. The lowest BCUT2D eigenvalue weighted by molar-refractivity contribution is 0.102. The first-order chi connectivity index (χ1) is 11.1. The number of rotatable bonds is 3. The van der Waals surface area contributed by atoms with Gasteiger partial charge in [-0.3, -0.25) is 9.78 Å². The molecule has 23 heavy (non-hydrogen) atoms. The maximum atomic E-state index is 12.6. The lowest BCUT2D eigenvalue weighted by Gasteiger charge is -2.11. The lowest BCUT2D eigenvalue weighted by atomic mass is 10.1. The highest BCUT2D eigenvalue weighted by atomic mass is 79.9. The largest absolute Gasteiger partial charge is 0.496 e. The number of benzene rings is 2. The van der Waals surface area contributed by atoms with E-state index in [1.165, 1.54) is 0 Å². The minimum Gasteiger partial charge on any atom is -0.496 e. The van der Waals surface area contributed by atoms with Crippen molar-refractivity contribution in [2.45, 2.75) is 6.92 Å². The lowest BCUT2D eigenvalue weighted by Crippen LogP contribution is -2.13. The van der Waals surface area contributed by atoms with Crippen LogP contribution in [0, 0.1) is 6.92 Å². The zero-order valence-corrected chi connectivity index (χ0v) is 14.3. The van der Waals surface area contributed by atoms with Crippen molar-refractivity contribution in [2.75, 3.05) is 12.4 Å². The Morgan fingerprint density at radius 1 is 1.17 bits per heavy atom. The van der Waals surface area contributed by atoms with Gasteiger partial charge in [-0.25, -0.2) is 0 Å². The van der Waals surface area contributed by atoms with Crippen molar-refractivity contribution in [3.05, 3.63) is 64.3 Å². The van der Waals surface area contributed by atoms with Gasteiger partial charge < -0.3 is 10.1 Å². The summed E-state index contributed by atoms with van der Waals surface area (Å²) in [5, 5.41) is 3.91. The maximum absolute atomic E-state index is 12.6. The second-order valence-corrected chi connectivity index (χ2v) is 6.04. The van der Waals surface area contributed by atoms with Crippen LogP contribution in [-0.2, 0) is 0 Å². The number of hydrogen-bond acceptors (Lipinski definition) is 3. The standard InChI is InChI=1S/C18H15BrN2O2/c1-11-6-7-12-4-3-5-15(17(12)20-11)21-18(22)14-10-13(19)8-9-16(14)23-2/h3-10H,1-2H3,(H,21,22). The quantitative estimate of drug-likeness (QED) is 0.734. The topological polar surface area (TPSA) is 51.2 Å². The molecule has 0 atom stereocenters. The van der Waals surface area contributed by atoms with Crippen molar-refractivity contribution in [2.24, 2.45) is 0 Å². The minimum atomic E-state index is -0.237. The van der Waals surface area contributed by atoms with Crippen molar-refractivity contribution in [1.29, 1.82) is 0 Å². The Hall–Kier alpha value is -2.40. The van der Waals surface area contributed by atoms with Crippen LogP contribution in [0.15, 0.2) is 53.0 Å². The van der Waals surface area contributed by atoms with E-state index >= 15 is 0 Å². The number of halogens is 1. The van der Waals surface area contributed by atoms with E-state index < -0.39 is 0 Å². The van der Waals surface area contributed by atoms with Gasteiger partial charge in [0.15, 0.2) is 0 Å². The second kappa shape index (κ2) is 6.38. The molecule has 0 bridgehead atoms.